The predicted molar refractivity (Wildman–Crippen MR) is 110 cm³/mol. The van der Waals surface area contributed by atoms with Gasteiger partial charge in [0.2, 0.25) is 0 Å². The zero-order valence-electron chi connectivity index (χ0n) is 16.1. The summed E-state index contributed by atoms with van der Waals surface area (Å²) in [5.74, 6) is 1.29. The van der Waals surface area contributed by atoms with Crippen molar-refractivity contribution in [3.63, 3.8) is 0 Å². The van der Waals surface area contributed by atoms with Crippen molar-refractivity contribution in [1.82, 2.24) is 15.6 Å². The summed E-state index contributed by atoms with van der Waals surface area (Å²) in [7, 11) is 0. The van der Waals surface area contributed by atoms with Crippen molar-refractivity contribution in [1.29, 1.82) is 0 Å². The Kier molecular flexibility index (Phi) is 9.62. The first kappa shape index (κ1) is 21.2. The SMILES string of the molecule is CCNC(=NCCCCOc1ccc(F)cc1)NCCc1ncc(CC)s1. The third-order valence-corrected chi connectivity index (χ3v) is 5.03. The lowest BCUT2D eigenvalue weighted by Crippen LogP contribution is -2.38. The third-order valence-electron chi connectivity index (χ3n) is 3.83. The lowest BCUT2D eigenvalue weighted by Gasteiger charge is -2.10. The Balaban J connectivity index is 1.62. The van der Waals surface area contributed by atoms with E-state index in [-0.39, 0.29) is 5.82 Å². The standard InChI is InChI=1S/C20H29FN4OS/c1-3-18-15-25-19(27-18)11-13-24-20(22-4-2)23-12-5-6-14-26-17-9-7-16(21)8-10-17/h7-10,15H,3-6,11-14H2,1-2H3,(H2,22,23,24). The van der Waals surface area contributed by atoms with Crippen molar-refractivity contribution in [2.24, 2.45) is 4.99 Å². The maximum Gasteiger partial charge on any atom is 0.191 e. The van der Waals surface area contributed by atoms with Crippen LogP contribution in [0.3, 0.4) is 0 Å². The molecule has 0 unspecified atom stereocenters. The van der Waals surface area contributed by atoms with Crippen LogP contribution in [-0.4, -0.2) is 37.2 Å². The van der Waals surface area contributed by atoms with Crippen LogP contribution in [0, 0.1) is 5.82 Å². The largest absolute Gasteiger partial charge is 0.494 e. The maximum absolute atomic E-state index is 12.8. The smallest absolute Gasteiger partial charge is 0.191 e. The molecule has 0 fully saturated rings. The normalized spacial score (nSPS) is 11.4. The molecule has 0 saturated carbocycles. The van der Waals surface area contributed by atoms with E-state index in [9.17, 15) is 4.39 Å². The van der Waals surface area contributed by atoms with E-state index in [1.54, 1.807) is 23.5 Å². The van der Waals surface area contributed by atoms with Gasteiger partial charge in [-0.2, -0.15) is 0 Å². The van der Waals surface area contributed by atoms with Crippen molar-refractivity contribution >= 4 is 17.3 Å². The number of hydrogen-bond donors (Lipinski definition) is 2. The number of unbranched alkanes of at least 4 members (excludes halogenated alkanes) is 1. The van der Waals surface area contributed by atoms with Crippen LogP contribution in [-0.2, 0) is 12.8 Å². The number of nitrogens with one attached hydrogen (secondary N) is 2. The molecule has 7 heteroatoms. The molecule has 27 heavy (non-hydrogen) atoms. The molecule has 2 rings (SSSR count). The number of guanidine groups is 1. The highest BCUT2D eigenvalue weighted by Crippen LogP contribution is 2.13. The second kappa shape index (κ2) is 12.3. The van der Waals surface area contributed by atoms with E-state index in [1.165, 1.54) is 17.0 Å². The van der Waals surface area contributed by atoms with Crippen molar-refractivity contribution < 1.29 is 9.13 Å². The molecule has 1 aromatic carbocycles. The Labute approximate surface area is 165 Å². The zero-order chi connectivity index (χ0) is 19.3. The molecule has 0 aliphatic carbocycles. The van der Waals surface area contributed by atoms with Crippen LogP contribution in [0.15, 0.2) is 35.5 Å². The minimum Gasteiger partial charge on any atom is -0.494 e. The molecule has 0 radical (unpaired) electrons. The molecule has 0 aliphatic heterocycles. The summed E-state index contributed by atoms with van der Waals surface area (Å²) >= 11 is 1.78. The second-order valence-electron chi connectivity index (χ2n) is 6.02. The Bertz CT molecular complexity index is 688. The van der Waals surface area contributed by atoms with Crippen molar-refractivity contribution in [2.75, 3.05) is 26.2 Å². The molecule has 0 saturated heterocycles. The summed E-state index contributed by atoms with van der Waals surface area (Å²) in [6, 6.07) is 6.10. The van der Waals surface area contributed by atoms with Gasteiger partial charge in [0, 0.05) is 37.1 Å². The van der Waals surface area contributed by atoms with Gasteiger partial charge in [0.25, 0.3) is 0 Å². The molecule has 1 aromatic heterocycles. The third kappa shape index (κ3) is 8.39. The quantitative estimate of drug-likeness (QED) is 0.347. The van der Waals surface area contributed by atoms with Crippen LogP contribution in [0.4, 0.5) is 4.39 Å². The highest BCUT2D eigenvalue weighted by Gasteiger charge is 2.02. The van der Waals surface area contributed by atoms with E-state index in [0.717, 1.165) is 56.3 Å². The molecule has 0 spiro atoms. The Hall–Kier alpha value is -2.15. The van der Waals surface area contributed by atoms with E-state index < -0.39 is 0 Å². The van der Waals surface area contributed by atoms with Crippen molar-refractivity contribution in [2.45, 2.75) is 39.5 Å². The molecule has 0 atom stereocenters. The van der Waals surface area contributed by atoms with Gasteiger partial charge < -0.3 is 15.4 Å². The average molecular weight is 393 g/mol. The molecular weight excluding hydrogens is 363 g/mol. The Morgan fingerprint density at radius 2 is 2.00 bits per heavy atom. The fourth-order valence-corrected chi connectivity index (χ4v) is 3.24. The molecule has 0 bridgehead atoms. The Morgan fingerprint density at radius 1 is 1.19 bits per heavy atom. The first-order chi connectivity index (χ1) is 13.2. The van der Waals surface area contributed by atoms with Crippen LogP contribution in [0.25, 0.3) is 0 Å². The highest BCUT2D eigenvalue weighted by molar-refractivity contribution is 7.11. The van der Waals surface area contributed by atoms with Gasteiger partial charge in [-0.1, -0.05) is 6.92 Å². The predicted octanol–water partition coefficient (Wildman–Crippen LogP) is 3.80. The van der Waals surface area contributed by atoms with Gasteiger partial charge in [-0.05, 0) is 50.5 Å². The number of ether oxygens (including phenoxy) is 1. The van der Waals surface area contributed by atoms with Crippen molar-refractivity contribution in [3.8, 4) is 5.75 Å². The van der Waals surface area contributed by atoms with Gasteiger partial charge >= 0.3 is 0 Å². The molecule has 0 amide bonds. The number of thiazole rings is 1. The Morgan fingerprint density at radius 3 is 2.70 bits per heavy atom. The second-order valence-corrected chi connectivity index (χ2v) is 7.22. The molecule has 2 aromatic rings. The lowest BCUT2D eigenvalue weighted by molar-refractivity contribution is 0.307. The first-order valence-electron chi connectivity index (χ1n) is 9.55. The van der Waals surface area contributed by atoms with Crippen LogP contribution in [0.2, 0.25) is 0 Å². The zero-order valence-corrected chi connectivity index (χ0v) is 16.9. The summed E-state index contributed by atoms with van der Waals surface area (Å²) in [4.78, 5) is 10.4. The number of benzene rings is 1. The number of aromatic nitrogens is 1. The number of aryl methyl sites for hydroxylation is 1. The highest BCUT2D eigenvalue weighted by atomic mass is 32.1. The van der Waals surface area contributed by atoms with E-state index >= 15 is 0 Å². The number of rotatable bonds is 11. The van der Waals surface area contributed by atoms with Crippen LogP contribution < -0.4 is 15.4 Å². The average Bonchev–Trinajstić information content (AvgIpc) is 3.14. The van der Waals surface area contributed by atoms with E-state index in [4.69, 9.17) is 4.74 Å². The number of nitrogens with zero attached hydrogens (tertiary/aromatic N) is 2. The topological polar surface area (TPSA) is 58.5 Å². The molecule has 148 valence electrons. The maximum atomic E-state index is 12.8. The van der Waals surface area contributed by atoms with E-state index in [0.29, 0.717) is 12.4 Å². The van der Waals surface area contributed by atoms with Gasteiger partial charge in [0.05, 0.1) is 11.6 Å². The molecule has 2 N–H and O–H groups in total. The van der Waals surface area contributed by atoms with E-state index in [2.05, 4.69) is 34.5 Å². The fourth-order valence-electron chi connectivity index (χ4n) is 2.38. The minimum absolute atomic E-state index is 0.249. The van der Waals surface area contributed by atoms with Gasteiger partial charge in [0.1, 0.15) is 11.6 Å². The summed E-state index contributed by atoms with van der Waals surface area (Å²) < 4.78 is 18.4. The summed E-state index contributed by atoms with van der Waals surface area (Å²) in [5, 5.41) is 7.78. The van der Waals surface area contributed by atoms with Gasteiger partial charge in [-0.25, -0.2) is 9.37 Å². The summed E-state index contributed by atoms with van der Waals surface area (Å²) in [5.41, 5.74) is 0. The van der Waals surface area contributed by atoms with E-state index in [1.807, 2.05) is 6.20 Å². The number of hydrogen-bond acceptors (Lipinski definition) is 4. The van der Waals surface area contributed by atoms with Crippen LogP contribution in [0.5, 0.6) is 5.75 Å². The fraction of sp³-hybridized carbons (Fsp3) is 0.500. The molecule has 0 aliphatic rings. The molecule has 1 heterocycles. The first-order valence-corrected chi connectivity index (χ1v) is 10.4. The van der Waals surface area contributed by atoms with Gasteiger partial charge in [-0.15, -0.1) is 11.3 Å². The molecule has 5 nitrogen and oxygen atoms in total. The minimum atomic E-state index is -0.249. The van der Waals surface area contributed by atoms with Crippen LogP contribution in [0.1, 0.15) is 36.6 Å². The monoisotopic (exact) mass is 392 g/mol. The number of halogens is 1. The van der Waals surface area contributed by atoms with Crippen LogP contribution >= 0.6 is 11.3 Å². The number of aliphatic imine (C=N–C) groups is 1. The summed E-state index contributed by atoms with van der Waals surface area (Å²) in [6.45, 7) is 7.19. The van der Waals surface area contributed by atoms with Gasteiger partial charge in [-0.3, -0.25) is 4.99 Å². The summed E-state index contributed by atoms with van der Waals surface area (Å²) in [6.07, 6.45) is 5.75. The molecular formula is C20H29FN4OS. The van der Waals surface area contributed by atoms with Crippen molar-refractivity contribution in [3.05, 3.63) is 46.2 Å². The lowest BCUT2D eigenvalue weighted by atomic mass is 10.3. The van der Waals surface area contributed by atoms with Gasteiger partial charge in [0.15, 0.2) is 5.96 Å².